The number of benzene rings is 2. The van der Waals surface area contributed by atoms with Crippen LogP contribution in [-0.4, -0.2) is 19.0 Å². The third-order valence-corrected chi connectivity index (χ3v) is 5.81. The molecule has 2 fully saturated rings. The molecule has 0 N–H and O–H groups in total. The standard InChI is InChI=1S/C21H22O3/c1-2-6-16(7-3-1)19-17-8-4-5-9-18(17)20(24-19)10-12-21(13-11-20)22-14-15-23-21/h1-9,19H,10-15H2. The molecule has 1 atom stereocenters. The highest BCUT2D eigenvalue weighted by molar-refractivity contribution is 5.43. The number of hydrogen-bond acceptors (Lipinski definition) is 3. The van der Waals surface area contributed by atoms with Crippen molar-refractivity contribution in [3.8, 4) is 0 Å². The minimum absolute atomic E-state index is 0.0295. The summed E-state index contributed by atoms with van der Waals surface area (Å²) >= 11 is 0. The number of rotatable bonds is 1. The van der Waals surface area contributed by atoms with Gasteiger partial charge in [-0.2, -0.15) is 0 Å². The van der Waals surface area contributed by atoms with E-state index in [9.17, 15) is 0 Å². The Labute approximate surface area is 142 Å². The van der Waals surface area contributed by atoms with Crippen LogP contribution in [0.5, 0.6) is 0 Å². The van der Waals surface area contributed by atoms with E-state index in [0.29, 0.717) is 0 Å². The molecule has 2 aromatic carbocycles. The van der Waals surface area contributed by atoms with Crippen molar-refractivity contribution in [3.63, 3.8) is 0 Å². The van der Waals surface area contributed by atoms with Gasteiger partial charge in [0.25, 0.3) is 0 Å². The van der Waals surface area contributed by atoms with Gasteiger partial charge in [-0.25, -0.2) is 0 Å². The zero-order valence-corrected chi connectivity index (χ0v) is 13.7. The second-order valence-corrected chi connectivity index (χ2v) is 7.10. The monoisotopic (exact) mass is 322 g/mol. The average Bonchev–Trinajstić information content (AvgIpc) is 3.23. The van der Waals surface area contributed by atoms with Crippen molar-refractivity contribution in [2.75, 3.05) is 13.2 Å². The van der Waals surface area contributed by atoms with Gasteiger partial charge >= 0.3 is 0 Å². The van der Waals surface area contributed by atoms with Gasteiger partial charge in [-0.15, -0.1) is 0 Å². The Kier molecular flexibility index (Phi) is 3.30. The highest BCUT2D eigenvalue weighted by Crippen LogP contribution is 2.55. The first kappa shape index (κ1) is 14.6. The SMILES string of the molecule is c1ccc(C2OC3(CCC4(CC3)OCCO4)c3ccccc32)cc1. The van der Waals surface area contributed by atoms with Crippen molar-refractivity contribution in [2.45, 2.75) is 43.2 Å². The predicted octanol–water partition coefficient (Wildman–Crippen LogP) is 4.32. The molecular weight excluding hydrogens is 300 g/mol. The van der Waals surface area contributed by atoms with Crippen LogP contribution in [0.1, 0.15) is 48.5 Å². The van der Waals surface area contributed by atoms with Crippen molar-refractivity contribution >= 4 is 0 Å². The van der Waals surface area contributed by atoms with Crippen LogP contribution in [0.2, 0.25) is 0 Å². The van der Waals surface area contributed by atoms with Gasteiger partial charge in [-0.05, 0) is 29.5 Å². The van der Waals surface area contributed by atoms with E-state index >= 15 is 0 Å². The van der Waals surface area contributed by atoms with E-state index in [1.54, 1.807) is 0 Å². The van der Waals surface area contributed by atoms with E-state index < -0.39 is 0 Å². The molecule has 2 heterocycles. The van der Waals surface area contributed by atoms with E-state index in [0.717, 1.165) is 38.9 Å². The third kappa shape index (κ3) is 2.16. The van der Waals surface area contributed by atoms with Crippen molar-refractivity contribution < 1.29 is 14.2 Å². The molecule has 1 saturated heterocycles. The lowest BCUT2D eigenvalue weighted by Crippen LogP contribution is -2.42. The summed E-state index contributed by atoms with van der Waals surface area (Å²) in [5.41, 5.74) is 3.70. The van der Waals surface area contributed by atoms with Crippen LogP contribution in [0.4, 0.5) is 0 Å². The van der Waals surface area contributed by atoms with E-state index in [1.165, 1.54) is 16.7 Å². The molecule has 2 aliphatic heterocycles. The fourth-order valence-electron chi connectivity index (χ4n) is 4.58. The first-order valence-corrected chi connectivity index (χ1v) is 8.91. The second-order valence-electron chi connectivity index (χ2n) is 7.10. The third-order valence-electron chi connectivity index (χ3n) is 5.81. The molecule has 5 rings (SSSR count). The Balaban J connectivity index is 1.50. The lowest BCUT2D eigenvalue weighted by molar-refractivity contribution is -0.214. The maximum atomic E-state index is 6.74. The molecule has 1 aliphatic carbocycles. The van der Waals surface area contributed by atoms with Crippen molar-refractivity contribution in [1.82, 2.24) is 0 Å². The zero-order chi connectivity index (χ0) is 16.0. The van der Waals surface area contributed by atoms with Gasteiger partial charge in [-0.3, -0.25) is 0 Å². The lowest BCUT2D eigenvalue weighted by atomic mass is 9.76. The molecule has 1 saturated carbocycles. The van der Waals surface area contributed by atoms with Gasteiger partial charge in [0.05, 0.1) is 18.8 Å². The molecule has 0 radical (unpaired) electrons. The zero-order valence-electron chi connectivity index (χ0n) is 13.7. The maximum absolute atomic E-state index is 6.74. The summed E-state index contributed by atoms with van der Waals surface area (Å²) in [7, 11) is 0. The van der Waals surface area contributed by atoms with Crippen LogP contribution in [0.15, 0.2) is 54.6 Å². The Bertz CT molecular complexity index is 724. The van der Waals surface area contributed by atoms with Gasteiger partial charge < -0.3 is 14.2 Å². The minimum atomic E-state index is -0.353. The molecule has 3 aliphatic rings. The van der Waals surface area contributed by atoms with Crippen LogP contribution in [-0.2, 0) is 19.8 Å². The molecule has 1 unspecified atom stereocenters. The van der Waals surface area contributed by atoms with Crippen LogP contribution in [0.3, 0.4) is 0 Å². The molecule has 124 valence electrons. The molecule has 3 nitrogen and oxygen atoms in total. The predicted molar refractivity (Wildman–Crippen MR) is 90.6 cm³/mol. The molecule has 0 aromatic heterocycles. The van der Waals surface area contributed by atoms with E-state index in [2.05, 4.69) is 54.6 Å². The van der Waals surface area contributed by atoms with Gasteiger partial charge in [0.15, 0.2) is 5.79 Å². The van der Waals surface area contributed by atoms with E-state index in [-0.39, 0.29) is 17.5 Å². The first-order valence-electron chi connectivity index (χ1n) is 8.91. The molecule has 0 amide bonds. The Morgan fingerprint density at radius 1 is 0.750 bits per heavy atom. The second kappa shape index (κ2) is 5.41. The molecular formula is C21H22O3. The topological polar surface area (TPSA) is 27.7 Å². The summed E-state index contributed by atoms with van der Waals surface area (Å²) in [5.74, 6) is -0.353. The summed E-state index contributed by atoms with van der Waals surface area (Å²) in [5, 5.41) is 0. The molecule has 3 heteroatoms. The van der Waals surface area contributed by atoms with E-state index in [4.69, 9.17) is 14.2 Å². The smallest absolute Gasteiger partial charge is 0.168 e. The number of hydrogen-bond donors (Lipinski definition) is 0. The summed E-state index contributed by atoms with van der Waals surface area (Å²) < 4.78 is 18.5. The number of ether oxygens (including phenoxy) is 3. The molecule has 0 bridgehead atoms. The van der Waals surface area contributed by atoms with Gasteiger partial charge in [0.1, 0.15) is 6.10 Å². The summed E-state index contributed by atoms with van der Waals surface area (Å²) in [6.45, 7) is 1.44. The molecule has 2 aromatic rings. The largest absolute Gasteiger partial charge is 0.358 e. The lowest BCUT2D eigenvalue weighted by Gasteiger charge is -2.41. The van der Waals surface area contributed by atoms with Gasteiger partial charge in [-0.1, -0.05) is 54.6 Å². The van der Waals surface area contributed by atoms with Crippen molar-refractivity contribution in [3.05, 3.63) is 71.3 Å². The van der Waals surface area contributed by atoms with Gasteiger partial charge in [0.2, 0.25) is 0 Å². The van der Waals surface area contributed by atoms with Crippen LogP contribution in [0.25, 0.3) is 0 Å². The summed E-state index contributed by atoms with van der Waals surface area (Å²) in [4.78, 5) is 0. The number of fused-ring (bicyclic) bond motifs is 2. The summed E-state index contributed by atoms with van der Waals surface area (Å²) in [6.07, 6.45) is 3.74. The highest BCUT2D eigenvalue weighted by Gasteiger charge is 2.52. The quantitative estimate of drug-likeness (QED) is 0.782. The summed E-state index contributed by atoms with van der Waals surface area (Å²) in [6, 6.07) is 19.3. The Morgan fingerprint density at radius 2 is 1.42 bits per heavy atom. The average molecular weight is 322 g/mol. The van der Waals surface area contributed by atoms with Crippen molar-refractivity contribution in [1.29, 1.82) is 0 Å². The van der Waals surface area contributed by atoms with Gasteiger partial charge in [0, 0.05) is 12.8 Å². The normalized spacial score (nSPS) is 26.8. The van der Waals surface area contributed by atoms with Crippen LogP contribution in [0, 0.1) is 0 Å². The van der Waals surface area contributed by atoms with Crippen molar-refractivity contribution in [2.24, 2.45) is 0 Å². The van der Waals surface area contributed by atoms with Crippen LogP contribution >= 0.6 is 0 Å². The molecule has 2 spiro atoms. The Morgan fingerprint density at radius 3 is 2.17 bits per heavy atom. The Hall–Kier alpha value is -1.68. The molecule has 24 heavy (non-hydrogen) atoms. The minimum Gasteiger partial charge on any atom is -0.358 e. The van der Waals surface area contributed by atoms with Crippen LogP contribution < -0.4 is 0 Å². The fraction of sp³-hybridized carbons (Fsp3) is 0.429. The van der Waals surface area contributed by atoms with E-state index in [1.807, 2.05) is 0 Å². The maximum Gasteiger partial charge on any atom is 0.168 e. The fourth-order valence-corrected chi connectivity index (χ4v) is 4.58. The highest BCUT2D eigenvalue weighted by atomic mass is 16.7. The first-order chi connectivity index (χ1) is 11.8.